The summed E-state index contributed by atoms with van der Waals surface area (Å²) in [5.74, 6) is -0.101. The number of hydrogen-bond donors (Lipinski definition) is 2. The van der Waals surface area contributed by atoms with E-state index in [1.54, 1.807) is 0 Å². The Morgan fingerprint density at radius 3 is 2.25 bits per heavy atom. The summed E-state index contributed by atoms with van der Waals surface area (Å²) in [6.07, 6.45) is 0. The van der Waals surface area contributed by atoms with Crippen molar-refractivity contribution in [3.8, 4) is 0 Å². The van der Waals surface area contributed by atoms with Gasteiger partial charge in [-0.05, 0) is 24.3 Å². The molecular formula is C14H17N5O2S3. The Morgan fingerprint density at radius 2 is 1.71 bits per heavy atom. The number of anilines is 2. The van der Waals surface area contributed by atoms with Gasteiger partial charge in [0.15, 0.2) is 8.68 Å². The van der Waals surface area contributed by atoms with Crippen LogP contribution in [0.25, 0.3) is 0 Å². The van der Waals surface area contributed by atoms with Crippen LogP contribution in [0.2, 0.25) is 0 Å². The van der Waals surface area contributed by atoms with Gasteiger partial charge in [0.2, 0.25) is 11.8 Å². The molecular weight excluding hydrogens is 366 g/mol. The molecule has 1 aromatic carbocycles. The summed E-state index contributed by atoms with van der Waals surface area (Å²) >= 11 is 3.89. The molecule has 0 atom stereocenters. The van der Waals surface area contributed by atoms with Gasteiger partial charge in [0.05, 0.1) is 11.5 Å². The molecule has 128 valence electrons. The van der Waals surface area contributed by atoms with E-state index in [1.165, 1.54) is 34.9 Å². The van der Waals surface area contributed by atoms with Gasteiger partial charge < -0.3 is 16.0 Å². The van der Waals surface area contributed by atoms with Crippen LogP contribution in [0.4, 0.5) is 11.4 Å². The first kappa shape index (κ1) is 18.6. The average molecular weight is 384 g/mol. The lowest BCUT2D eigenvalue weighted by Crippen LogP contribution is -2.14. The second-order valence-electron chi connectivity index (χ2n) is 4.87. The van der Waals surface area contributed by atoms with Crippen LogP contribution in [0.5, 0.6) is 0 Å². The van der Waals surface area contributed by atoms with Crippen LogP contribution >= 0.6 is 34.9 Å². The number of aromatic nitrogens is 2. The number of carbonyl (C=O) groups excluding carboxylic acids is 2. The van der Waals surface area contributed by atoms with E-state index in [9.17, 15) is 9.59 Å². The highest BCUT2D eigenvalue weighted by Gasteiger charge is 2.10. The molecule has 0 fully saturated rings. The number of rotatable bonds is 8. The van der Waals surface area contributed by atoms with Crippen LogP contribution in [-0.4, -0.2) is 47.6 Å². The monoisotopic (exact) mass is 383 g/mol. The first-order valence-electron chi connectivity index (χ1n) is 6.88. The minimum atomic E-state index is -0.399. The summed E-state index contributed by atoms with van der Waals surface area (Å²) in [6, 6.07) is 7.61. The lowest BCUT2D eigenvalue weighted by Gasteiger charge is -2.12. The molecule has 0 bridgehead atoms. The van der Waals surface area contributed by atoms with Gasteiger partial charge in [-0.1, -0.05) is 34.9 Å². The van der Waals surface area contributed by atoms with Gasteiger partial charge in [0.1, 0.15) is 0 Å². The first-order valence-corrected chi connectivity index (χ1v) is 9.67. The molecule has 0 saturated carbocycles. The minimum Gasteiger partial charge on any atom is -0.378 e. The summed E-state index contributed by atoms with van der Waals surface area (Å²) < 4.78 is 1.34. The average Bonchev–Trinajstić information content (AvgIpc) is 2.99. The van der Waals surface area contributed by atoms with Gasteiger partial charge in [0, 0.05) is 25.5 Å². The molecule has 2 aromatic rings. The van der Waals surface area contributed by atoms with E-state index in [1.807, 2.05) is 43.3 Å². The molecule has 0 unspecified atom stereocenters. The topological polar surface area (TPSA) is 101 Å². The van der Waals surface area contributed by atoms with E-state index in [4.69, 9.17) is 5.73 Å². The lowest BCUT2D eigenvalue weighted by molar-refractivity contribution is -0.115. The van der Waals surface area contributed by atoms with Crippen molar-refractivity contribution >= 4 is 58.0 Å². The molecule has 3 N–H and O–H groups in total. The summed E-state index contributed by atoms with van der Waals surface area (Å²) in [4.78, 5) is 24.7. The van der Waals surface area contributed by atoms with Gasteiger partial charge in [-0.15, -0.1) is 10.2 Å². The minimum absolute atomic E-state index is 0.112. The summed E-state index contributed by atoms with van der Waals surface area (Å²) in [7, 11) is 3.92. The zero-order valence-corrected chi connectivity index (χ0v) is 15.6. The lowest BCUT2D eigenvalue weighted by atomic mass is 10.2. The van der Waals surface area contributed by atoms with Crippen molar-refractivity contribution in [1.29, 1.82) is 0 Å². The molecule has 24 heavy (non-hydrogen) atoms. The van der Waals surface area contributed by atoms with Crippen LogP contribution in [0.15, 0.2) is 32.9 Å². The number of hydrogen-bond acceptors (Lipinski definition) is 8. The van der Waals surface area contributed by atoms with Crippen LogP contribution in [0.3, 0.4) is 0 Å². The maximum Gasteiger partial charge on any atom is 0.234 e. The van der Waals surface area contributed by atoms with Crippen molar-refractivity contribution in [3.05, 3.63) is 24.3 Å². The number of thioether (sulfide) groups is 2. The number of benzene rings is 1. The SMILES string of the molecule is CN(C)c1ccc(NC(=O)CSc2nnc(SCC(N)=O)s2)cc1. The molecule has 0 spiro atoms. The summed E-state index contributed by atoms with van der Waals surface area (Å²) in [5, 5.41) is 10.8. The molecule has 0 saturated heterocycles. The van der Waals surface area contributed by atoms with E-state index >= 15 is 0 Å². The van der Waals surface area contributed by atoms with Gasteiger partial charge in [-0.3, -0.25) is 9.59 Å². The second-order valence-corrected chi connectivity index (χ2v) is 8.29. The maximum atomic E-state index is 12.0. The van der Waals surface area contributed by atoms with Crippen LogP contribution in [0.1, 0.15) is 0 Å². The highest BCUT2D eigenvalue weighted by Crippen LogP contribution is 2.28. The third-order valence-corrected chi connectivity index (χ3v) is 5.93. The standard InChI is InChI=1S/C14H17N5O2S3/c1-19(2)10-5-3-9(4-6-10)16-12(21)8-23-14-18-17-13(24-14)22-7-11(15)20/h3-6H,7-8H2,1-2H3,(H2,15,20)(H,16,21). The number of nitrogens with zero attached hydrogens (tertiary/aromatic N) is 3. The molecule has 7 nitrogen and oxygen atoms in total. The quantitative estimate of drug-likeness (QED) is 0.672. The van der Waals surface area contributed by atoms with Crippen molar-refractivity contribution in [2.45, 2.75) is 8.68 Å². The number of primary amides is 1. The molecule has 2 rings (SSSR count). The van der Waals surface area contributed by atoms with Crippen LogP contribution < -0.4 is 16.0 Å². The smallest absolute Gasteiger partial charge is 0.234 e. The highest BCUT2D eigenvalue weighted by atomic mass is 32.2. The van der Waals surface area contributed by atoms with Gasteiger partial charge in [-0.2, -0.15) is 0 Å². The Hall–Kier alpha value is -1.78. The zero-order valence-electron chi connectivity index (χ0n) is 13.2. The van der Waals surface area contributed by atoms with Gasteiger partial charge in [0.25, 0.3) is 0 Å². The third-order valence-electron chi connectivity index (χ3n) is 2.72. The van der Waals surface area contributed by atoms with Gasteiger partial charge in [-0.25, -0.2) is 0 Å². The Morgan fingerprint density at radius 1 is 1.12 bits per heavy atom. The molecule has 0 aliphatic carbocycles. The Bertz CT molecular complexity index is 703. The highest BCUT2D eigenvalue weighted by molar-refractivity contribution is 8.03. The van der Waals surface area contributed by atoms with Crippen molar-refractivity contribution in [2.75, 3.05) is 35.8 Å². The number of nitrogens with two attached hydrogens (primary N) is 1. The van der Waals surface area contributed by atoms with Crippen molar-refractivity contribution in [3.63, 3.8) is 0 Å². The number of carbonyl (C=O) groups is 2. The predicted octanol–water partition coefficient (Wildman–Crippen LogP) is 1.91. The zero-order chi connectivity index (χ0) is 17.5. The van der Waals surface area contributed by atoms with Crippen LogP contribution in [0, 0.1) is 0 Å². The Kier molecular flexibility index (Phi) is 6.88. The normalized spacial score (nSPS) is 10.4. The fraction of sp³-hybridized carbons (Fsp3) is 0.286. The largest absolute Gasteiger partial charge is 0.378 e. The summed E-state index contributed by atoms with van der Waals surface area (Å²) in [5.41, 5.74) is 6.90. The second kappa shape index (κ2) is 8.90. The Balaban J connectivity index is 1.79. The van der Waals surface area contributed by atoms with E-state index in [2.05, 4.69) is 15.5 Å². The number of nitrogens with one attached hydrogen (secondary N) is 1. The number of amides is 2. The molecule has 10 heteroatoms. The molecule has 0 aliphatic rings. The van der Waals surface area contributed by atoms with Gasteiger partial charge >= 0.3 is 0 Å². The fourth-order valence-corrected chi connectivity index (χ4v) is 4.17. The fourth-order valence-electron chi connectivity index (χ4n) is 1.61. The molecule has 2 amide bonds. The van der Waals surface area contributed by atoms with Crippen LogP contribution in [-0.2, 0) is 9.59 Å². The first-order chi connectivity index (χ1) is 11.4. The molecule has 0 aliphatic heterocycles. The van der Waals surface area contributed by atoms with Crippen molar-refractivity contribution in [2.24, 2.45) is 5.73 Å². The summed E-state index contributed by atoms with van der Waals surface area (Å²) in [6.45, 7) is 0. The third kappa shape index (κ3) is 6.02. The predicted molar refractivity (Wildman–Crippen MR) is 100.0 cm³/mol. The Labute approximate surface area is 152 Å². The molecule has 1 aromatic heterocycles. The van der Waals surface area contributed by atoms with Crippen molar-refractivity contribution < 1.29 is 9.59 Å². The molecule has 0 radical (unpaired) electrons. The van der Waals surface area contributed by atoms with E-state index < -0.39 is 5.91 Å². The van der Waals surface area contributed by atoms with Crippen molar-refractivity contribution in [1.82, 2.24) is 10.2 Å². The van der Waals surface area contributed by atoms with E-state index in [-0.39, 0.29) is 17.4 Å². The molecule has 1 heterocycles. The maximum absolute atomic E-state index is 12.0. The van der Waals surface area contributed by atoms with E-state index in [0.717, 1.165) is 11.4 Å². The van der Waals surface area contributed by atoms with E-state index in [0.29, 0.717) is 8.68 Å².